The number of carboxylic acid groups (broad SMARTS) is 1. The summed E-state index contributed by atoms with van der Waals surface area (Å²) in [4.78, 5) is 10.7. The van der Waals surface area contributed by atoms with E-state index in [9.17, 15) is 4.79 Å². The highest BCUT2D eigenvalue weighted by molar-refractivity contribution is 5.87. The maximum absolute atomic E-state index is 10.7. The van der Waals surface area contributed by atoms with Crippen LogP contribution in [0, 0.1) is 11.3 Å². The molecular weight excluding hydrogens is 280 g/mol. The Morgan fingerprint density at radius 1 is 1.18 bits per heavy atom. The van der Waals surface area contributed by atoms with Crippen LogP contribution in [-0.4, -0.2) is 23.1 Å². The predicted octanol–water partition coefficient (Wildman–Crippen LogP) is 3.39. The van der Waals surface area contributed by atoms with Gasteiger partial charge in [0.15, 0.2) is 0 Å². The minimum Gasteiger partial charge on any atom is -0.478 e. The third-order valence-electron chi connectivity index (χ3n) is 2.92. The molecule has 0 heterocycles. The van der Waals surface area contributed by atoms with Crippen molar-refractivity contribution in [3.8, 4) is 6.07 Å². The topological polar surface area (TPSA) is 89.0 Å². The lowest BCUT2D eigenvalue weighted by Gasteiger charge is -2.11. The lowest BCUT2D eigenvalue weighted by molar-refractivity contribution is 0.0697. The standard InChI is InChI=1S/C16H14N4O2/c1-20(11-13-4-2-12(10-17)3-5-13)19-18-15-8-6-14(7-9-15)16(21)22/h2-9H,11H2,1H3,(H,21,22). The van der Waals surface area contributed by atoms with Crippen LogP contribution < -0.4 is 0 Å². The highest BCUT2D eigenvalue weighted by Crippen LogP contribution is 2.14. The quantitative estimate of drug-likeness (QED) is 0.676. The summed E-state index contributed by atoms with van der Waals surface area (Å²) in [5, 5.41) is 27.3. The normalized spacial score (nSPS) is 10.4. The van der Waals surface area contributed by atoms with Gasteiger partial charge in [0.05, 0.1) is 29.4 Å². The molecule has 6 nitrogen and oxygen atoms in total. The average molecular weight is 294 g/mol. The van der Waals surface area contributed by atoms with Crippen LogP contribution in [0.4, 0.5) is 5.69 Å². The molecule has 22 heavy (non-hydrogen) atoms. The molecule has 0 aliphatic carbocycles. The molecule has 2 aromatic rings. The fraction of sp³-hybridized carbons (Fsp3) is 0.125. The Balaban J connectivity index is 1.96. The zero-order valence-corrected chi connectivity index (χ0v) is 12.0. The number of nitrogens with zero attached hydrogens (tertiary/aromatic N) is 4. The monoisotopic (exact) mass is 294 g/mol. The molecule has 0 aliphatic heterocycles. The van der Waals surface area contributed by atoms with Crippen LogP contribution in [0.15, 0.2) is 58.9 Å². The molecule has 0 aliphatic rings. The van der Waals surface area contributed by atoms with Gasteiger partial charge in [-0.3, -0.25) is 5.01 Å². The van der Waals surface area contributed by atoms with E-state index >= 15 is 0 Å². The van der Waals surface area contributed by atoms with Crippen molar-refractivity contribution in [2.24, 2.45) is 10.3 Å². The second kappa shape index (κ2) is 6.99. The first-order chi connectivity index (χ1) is 10.6. The van der Waals surface area contributed by atoms with Gasteiger partial charge in [-0.15, -0.1) is 5.11 Å². The highest BCUT2D eigenvalue weighted by Gasteiger charge is 2.01. The molecule has 0 saturated heterocycles. The molecule has 0 radical (unpaired) electrons. The first-order valence-electron chi connectivity index (χ1n) is 6.53. The molecule has 0 atom stereocenters. The van der Waals surface area contributed by atoms with E-state index in [1.807, 2.05) is 12.1 Å². The van der Waals surface area contributed by atoms with Gasteiger partial charge in [0.2, 0.25) is 0 Å². The molecule has 0 spiro atoms. The Morgan fingerprint density at radius 3 is 2.36 bits per heavy atom. The van der Waals surface area contributed by atoms with Gasteiger partial charge in [-0.25, -0.2) is 4.79 Å². The van der Waals surface area contributed by atoms with Crippen molar-refractivity contribution < 1.29 is 9.90 Å². The fourth-order valence-corrected chi connectivity index (χ4v) is 1.78. The number of carbonyl (C=O) groups is 1. The van der Waals surface area contributed by atoms with Gasteiger partial charge in [-0.05, 0) is 42.0 Å². The minimum atomic E-state index is -0.971. The predicted molar refractivity (Wildman–Crippen MR) is 80.5 cm³/mol. The number of carboxylic acids is 1. The number of hydrogen-bond donors (Lipinski definition) is 1. The van der Waals surface area contributed by atoms with E-state index in [1.54, 1.807) is 36.3 Å². The first kappa shape index (κ1) is 15.2. The highest BCUT2D eigenvalue weighted by atomic mass is 16.4. The van der Waals surface area contributed by atoms with Crippen molar-refractivity contribution in [3.63, 3.8) is 0 Å². The molecule has 2 aromatic carbocycles. The summed E-state index contributed by atoms with van der Waals surface area (Å²) in [6.45, 7) is 0.558. The fourth-order valence-electron chi connectivity index (χ4n) is 1.78. The van der Waals surface area contributed by atoms with Gasteiger partial charge < -0.3 is 5.11 Å². The molecule has 0 bridgehead atoms. The van der Waals surface area contributed by atoms with Crippen LogP contribution in [0.2, 0.25) is 0 Å². The Morgan fingerprint density at radius 2 is 1.82 bits per heavy atom. The smallest absolute Gasteiger partial charge is 0.335 e. The maximum Gasteiger partial charge on any atom is 0.335 e. The van der Waals surface area contributed by atoms with E-state index in [0.29, 0.717) is 17.8 Å². The van der Waals surface area contributed by atoms with E-state index in [0.717, 1.165) is 5.56 Å². The summed E-state index contributed by atoms with van der Waals surface area (Å²) < 4.78 is 0. The van der Waals surface area contributed by atoms with Crippen molar-refractivity contribution in [2.75, 3.05) is 7.05 Å². The minimum absolute atomic E-state index is 0.213. The van der Waals surface area contributed by atoms with Crippen molar-refractivity contribution >= 4 is 11.7 Å². The summed E-state index contributed by atoms with van der Waals surface area (Å²) in [7, 11) is 1.79. The van der Waals surface area contributed by atoms with Crippen molar-refractivity contribution in [1.82, 2.24) is 5.01 Å². The van der Waals surface area contributed by atoms with E-state index in [-0.39, 0.29) is 5.56 Å². The lowest BCUT2D eigenvalue weighted by Crippen LogP contribution is -2.09. The van der Waals surface area contributed by atoms with Crippen LogP contribution >= 0.6 is 0 Å². The number of aromatic carboxylic acids is 1. The Bertz CT molecular complexity index is 715. The van der Waals surface area contributed by atoms with Gasteiger partial charge in [0.1, 0.15) is 0 Å². The molecule has 0 fully saturated rings. The molecule has 2 rings (SSSR count). The molecule has 0 aromatic heterocycles. The lowest BCUT2D eigenvalue weighted by atomic mass is 10.1. The Kier molecular flexibility index (Phi) is 4.83. The number of hydrogen-bond acceptors (Lipinski definition) is 4. The zero-order chi connectivity index (χ0) is 15.9. The summed E-state index contributed by atoms with van der Waals surface area (Å²) >= 11 is 0. The van der Waals surface area contributed by atoms with Gasteiger partial charge in [-0.1, -0.05) is 17.4 Å². The molecule has 110 valence electrons. The molecule has 0 saturated carbocycles. The van der Waals surface area contributed by atoms with Crippen LogP contribution in [-0.2, 0) is 6.54 Å². The second-order valence-electron chi connectivity index (χ2n) is 4.67. The third kappa shape index (κ3) is 4.15. The van der Waals surface area contributed by atoms with Gasteiger partial charge >= 0.3 is 5.97 Å². The summed E-state index contributed by atoms with van der Waals surface area (Å²) in [6, 6.07) is 15.5. The van der Waals surface area contributed by atoms with Crippen molar-refractivity contribution in [1.29, 1.82) is 5.26 Å². The molecule has 1 N–H and O–H groups in total. The van der Waals surface area contributed by atoms with Crippen molar-refractivity contribution in [3.05, 3.63) is 65.2 Å². The molecule has 0 unspecified atom stereocenters. The number of nitriles is 1. The van der Waals surface area contributed by atoms with E-state index in [4.69, 9.17) is 10.4 Å². The van der Waals surface area contributed by atoms with E-state index in [1.165, 1.54) is 12.1 Å². The van der Waals surface area contributed by atoms with Crippen molar-refractivity contribution in [2.45, 2.75) is 6.54 Å². The summed E-state index contributed by atoms with van der Waals surface area (Å²) in [5.74, 6) is -0.971. The average Bonchev–Trinajstić information content (AvgIpc) is 2.54. The largest absolute Gasteiger partial charge is 0.478 e. The van der Waals surface area contributed by atoms with E-state index in [2.05, 4.69) is 16.4 Å². The molecule has 0 amide bonds. The Labute approximate surface area is 127 Å². The van der Waals surface area contributed by atoms with Crippen LogP contribution in [0.3, 0.4) is 0 Å². The van der Waals surface area contributed by atoms with E-state index < -0.39 is 5.97 Å². The van der Waals surface area contributed by atoms with Crippen LogP contribution in [0.1, 0.15) is 21.5 Å². The summed E-state index contributed by atoms with van der Waals surface area (Å²) in [6.07, 6.45) is 0. The number of benzene rings is 2. The zero-order valence-electron chi connectivity index (χ0n) is 12.0. The second-order valence-corrected chi connectivity index (χ2v) is 4.67. The molecule has 6 heteroatoms. The van der Waals surface area contributed by atoms with Gasteiger partial charge in [0.25, 0.3) is 0 Å². The van der Waals surface area contributed by atoms with Crippen LogP contribution in [0.5, 0.6) is 0 Å². The first-order valence-corrected chi connectivity index (χ1v) is 6.53. The Hall–Kier alpha value is -3.20. The van der Waals surface area contributed by atoms with Gasteiger partial charge in [0, 0.05) is 7.05 Å². The maximum atomic E-state index is 10.7. The van der Waals surface area contributed by atoms with Gasteiger partial charge in [-0.2, -0.15) is 5.26 Å². The molecular formula is C16H14N4O2. The summed E-state index contributed by atoms with van der Waals surface area (Å²) in [5.41, 5.74) is 2.43. The number of rotatable bonds is 5. The van der Waals surface area contributed by atoms with Crippen LogP contribution in [0.25, 0.3) is 0 Å². The SMILES string of the molecule is CN(Cc1ccc(C#N)cc1)N=Nc1ccc(C(=O)O)cc1. The third-order valence-corrected chi connectivity index (χ3v) is 2.92.